The van der Waals surface area contributed by atoms with Gasteiger partial charge in [0, 0.05) is 43.9 Å². The zero-order valence-electron chi connectivity index (χ0n) is 25.3. The van der Waals surface area contributed by atoms with Gasteiger partial charge in [-0.15, -0.1) is 0 Å². The summed E-state index contributed by atoms with van der Waals surface area (Å²) in [6.45, 7) is 5.23. The van der Waals surface area contributed by atoms with Crippen molar-refractivity contribution in [1.29, 1.82) is 5.26 Å². The minimum absolute atomic E-state index is 0.00507. The largest absolute Gasteiger partial charge is 0.369 e. The van der Waals surface area contributed by atoms with Crippen molar-refractivity contribution in [1.82, 2.24) is 25.1 Å². The third-order valence-electron chi connectivity index (χ3n) is 7.05. The number of benzene rings is 1. The first kappa shape index (κ1) is 32.1. The van der Waals surface area contributed by atoms with E-state index in [1.54, 1.807) is 44.4 Å². The Kier molecular flexibility index (Phi) is 12.3. The van der Waals surface area contributed by atoms with Gasteiger partial charge in [-0.2, -0.15) is 10.2 Å². The molecule has 1 aliphatic rings. The molecule has 0 aliphatic heterocycles. The molecule has 0 bridgehead atoms. The van der Waals surface area contributed by atoms with Gasteiger partial charge in [0.2, 0.25) is 17.8 Å². The van der Waals surface area contributed by atoms with E-state index in [0.717, 1.165) is 44.3 Å². The molecule has 3 N–H and O–H groups in total. The average Bonchev–Trinajstić information content (AvgIpc) is 2.98. The Morgan fingerprint density at radius 3 is 2.79 bits per heavy atom. The number of hydrogen-bond donors (Lipinski definition) is 3. The summed E-state index contributed by atoms with van der Waals surface area (Å²) in [5.74, 6) is 7.50. The van der Waals surface area contributed by atoms with Crippen molar-refractivity contribution in [2.45, 2.75) is 58.0 Å². The topological polar surface area (TPSA) is 126 Å². The van der Waals surface area contributed by atoms with Crippen molar-refractivity contribution < 1.29 is 9.59 Å². The first-order chi connectivity index (χ1) is 20.2. The van der Waals surface area contributed by atoms with E-state index >= 15 is 0 Å². The highest BCUT2D eigenvalue weighted by Crippen LogP contribution is 2.25. The first-order valence-electron chi connectivity index (χ1n) is 14.5. The fourth-order valence-electron chi connectivity index (χ4n) is 4.51. The molecule has 1 saturated carbocycles. The molecule has 2 aromatic rings. The number of likely N-dealkylation sites (N-methyl/N-ethyl adjacent to an activating group) is 2. The fourth-order valence-corrected chi connectivity index (χ4v) is 4.51. The molecule has 3 atom stereocenters. The highest BCUT2D eigenvalue weighted by molar-refractivity contribution is 5.92. The summed E-state index contributed by atoms with van der Waals surface area (Å²) in [4.78, 5) is 37.9. The van der Waals surface area contributed by atoms with Crippen LogP contribution in [0.4, 0.5) is 17.5 Å². The van der Waals surface area contributed by atoms with Gasteiger partial charge in [-0.05, 0) is 64.9 Å². The minimum atomic E-state index is -0.577. The Labute approximate surface area is 249 Å². The molecule has 1 aromatic carbocycles. The van der Waals surface area contributed by atoms with Crippen molar-refractivity contribution in [2.24, 2.45) is 5.92 Å². The van der Waals surface area contributed by atoms with Gasteiger partial charge in [-0.25, -0.2) is 4.98 Å². The van der Waals surface area contributed by atoms with Gasteiger partial charge in [0.25, 0.3) is 0 Å². The Morgan fingerprint density at radius 1 is 1.24 bits per heavy atom. The summed E-state index contributed by atoms with van der Waals surface area (Å²) < 4.78 is 0. The van der Waals surface area contributed by atoms with E-state index < -0.39 is 6.04 Å². The molecular formula is C32H42N8O2. The zero-order chi connectivity index (χ0) is 30.5. The normalized spacial score (nSPS) is 17.1. The molecule has 10 nitrogen and oxygen atoms in total. The van der Waals surface area contributed by atoms with Crippen LogP contribution in [-0.2, 0) is 9.59 Å². The molecule has 1 aliphatic carbocycles. The molecule has 10 heteroatoms. The maximum atomic E-state index is 12.9. The fraction of sp³-hybridized carbons (Fsp3) is 0.469. The quantitative estimate of drug-likeness (QED) is 0.274. The number of carbonyl (C=O) groups is 2. The lowest BCUT2D eigenvalue weighted by Gasteiger charge is -2.30. The van der Waals surface area contributed by atoms with Gasteiger partial charge < -0.3 is 25.8 Å². The highest BCUT2D eigenvalue weighted by Gasteiger charge is 2.26. The summed E-state index contributed by atoms with van der Waals surface area (Å²) in [5.41, 5.74) is 1.99. The predicted molar refractivity (Wildman–Crippen MR) is 166 cm³/mol. The second kappa shape index (κ2) is 16.1. The van der Waals surface area contributed by atoms with E-state index in [-0.39, 0.29) is 23.8 Å². The van der Waals surface area contributed by atoms with Crippen molar-refractivity contribution in [3.63, 3.8) is 0 Å². The SMILES string of the molecule is CCCNc1nc(Nc2cccc(C#N)c2)ncc1C#C[C@@H]1CCC[C@H](NC(=O)[C@H](C)N(C)C(=O)C=CCN(C)C)C1. The molecule has 1 fully saturated rings. The standard InChI is InChI=1S/C32H42N8O2/c1-6-17-34-30-26(22-35-32(38-30)37-28-13-8-11-25(20-28)21-33)16-15-24-10-7-12-27(19-24)36-31(42)23(2)40(5)29(41)14-9-18-39(3)4/h8-9,11,13-14,20,22-24,27H,6-7,10,12,17-19H2,1-5H3,(H,36,42)(H2,34,35,37,38)/t23-,24-,27-/m0/s1. The van der Waals surface area contributed by atoms with E-state index in [1.807, 2.05) is 25.1 Å². The maximum Gasteiger partial charge on any atom is 0.246 e. The van der Waals surface area contributed by atoms with E-state index in [2.05, 4.69) is 50.8 Å². The lowest BCUT2D eigenvalue weighted by Crippen LogP contribution is -2.49. The number of nitrogens with zero attached hydrogens (tertiary/aromatic N) is 5. The summed E-state index contributed by atoms with van der Waals surface area (Å²) in [7, 11) is 5.51. The second-order valence-electron chi connectivity index (χ2n) is 10.8. The summed E-state index contributed by atoms with van der Waals surface area (Å²) >= 11 is 0. The van der Waals surface area contributed by atoms with Gasteiger partial charge >= 0.3 is 0 Å². The minimum Gasteiger partial charge on any atom is -0.369 e. The van der Waals surface area contributed by atoms with Gasteiger partial charge in [0.1, 0.15) is 11.9 Å². The second-order valence-corrected chi connectivity index (χ2v) is 10.8. The maximum absolute atomic E-state index is 12.9. The van der Waals surface area contributed by atoms with Crippen molar-refractivity contribution in [2.75, 3.05) is 44.9 Å². The van der Waals surface area contributed by atoms with Crippen LogP contribution in [-0.4, -0.2) is 77.9 Å². The van der Waals surface area contributed by atoms with E-state index in [9.17, 15) is 9.59 Å². The zero-order valence-corrected chi connectivity index (χ0v) is 25.3. The third kappa shape index (κ3) is 9.90. The highest BCUT2D eigenvalue weighted by atomic mass is 16.2. The van der Waals surface area contributed by atoms with Crippen molar-refractivity contribution in [3.8, 4) is 17.9 Å². The Hall–Kier alpha value is -4.41. The Balaban J connectivity index is 1.64. The molecule has 3 rings (SSSR count). The molecule has 1 heterocycles. The number of carbonyl (C=O) groups excluding carboxylic acids is 2. The average molecular weight is 571 g/mol. The molecule has 0 saturated heterocycles. The van der Waals surface area contributed by atoms with Crippen LogP contribution >= 0.6 is 0 Å². The van der Waals surface area contributed by atoms with Crippen LogP contribution in [0.2, 0.25) is 0 Å². The number of aromatic nitrogens is 2. The molecule has 0 unspecified atom stereocenters. The summed E-state index contributed by atoms with van der Waals surface area (Å²) in [5, 5.41) is 18.8. The number of amides is 2. The van der Waals surface area contributed by atoms with Crippen LogP contribution in [0.1, 0.15) is 57.1 Å². The lowest BCUT2D eigenvalue weighted by atomic mass is 9.86. The summed E-state index contributed by atoms with van der Waals surface area (Å²) in [6, 6.07) is 8.71. The van der Waals surface area contributed by atoms with Crippen LogP contribution in [0, 0.1) is 29.1 Å². The predicted octanol–water partition coefficient (Wildman–Crippen LogP) is 3.90. The Bertz CT molecular complexity index is 1350. The van der Waals surface area contributed by atoms with Crippen LogP contribution in [0.3, 0.4) is 0 Å². The van der Waals surface area contributed by atoms with Gasteiger partial charge in [0.15, 0.2) is 0 Å². The molecule has 1 aromatic heterocycles. The molecule has 222 valence electrons. The van der Waals surface area contributed by atoms with Gasteiger partial charge in [-0.1, -0.05) is 37.3 Å². The van der Waals surface area contributed by atoms with Crippen molar-refractivity contribution in [3.05, 3.63) is 53.7 Å². The van der Waals surface area contributed by atoms with Crippen LogP contribution in [0.15, 0.2) is 42.6 Å². The monoisotopic (exact) mass is 570 g/mol. The molecule has 2 amide bonds. The van der Waals surface area contributed by atoms with Crippen LogP contribution in [0.25, 0.3) is 0 Å². The Morgan fingerprint density at radius 2 is 2.05 bits per heavy atom. The van der Waals surface area contributed by atoms with Gasteiger partial charge in [-0.3, -0.25) is 9.59 Å². The molecular weight excluding hydrogens is 528 g/mol. The number of hydrogen-bond acceptors (Lipinski definition) is 8. The van der Waals surface area contributed by atoms with Crippen LogP contribution < -0.4 is 16.0 Å². The van der Waals surface area contributed by atoms with Crippen molar-refractivity contribution >= 4 is 29.3 Å². The van der Waals surface area contributed by atoms with E-state index in [4.69, 9.17) is 5.26 Å². The van der Waals surface area contributed by atoms with E-state index in [0.29, 0.717) is 29.4 Å². The number of nitriles is 1. The first-order valence-corrected chi connectivity index (χ1v) is 14.5. The number of nitrogens with one attached hydrogen (secondary N) is 3. The van der Waals surface area contributed by atoms with Gasteiger partial charge in [0.05, 0.1) is 23.4 Å². The van der Waals surface area contributed by atoms with Crippen LogP contribution in [0.5, 0.6) is 0 Å². The smallest absolute Gasteiger partial charge is 0.246 e. The molecule has 42 heavy (non-hydrogen) atoms. The number of rotatable bonds is 11. The molecule has 0 radical (unpaired) electrons. The molecule has 0 spiro atoms. The third-order valence-corrected chi connectivity index (χ3v) is 7.05. The number of anilines is 3. The van der Waals surface area contributed by atoms with E-state index in [1.165, 1.54) is 11.0 Å². The lowest BCUT2D eigenvalue weighted by molar-refractivity contribution is -0.135. The summed E-state index contributed by atoms with van der Waals surface area (Å²) in [6.07, 6.45) is 9.49.